The van der Waals surface area contributed by atoms with Crippen molar-refractivity contribution in [3.8, 4) is 0 Å². The minimum Gasteiger partial charge on any atom is -0.475 e. The van der Waals surface area contributed by atoms with Crippen LogP contribution < -0.4 is 0 Å². The first-order valence-electron chi connectivity index (χ1n) is 5.50. The summed E-state index contributed by atoms with van der Waals surface area (Å²) in [7, 11) is -2.39. The molecule has 0 aromatic carbocycles. The molecule has 0 aliphatic carbocycles. The molecule has 0 radical (unpaired) electrons. The average Bonchev–Trinajstić information content (AvgIpc) is 2.75. The Morgan fingerprint density at radius 2 is 2.10 bits per heavy atom. The third-order valence-corrected chi connectivity index (χ3v) is 5.61. The monoisotopic (exact) mass is 366 g/mol. The molecule has 1 aliphatic heterocycles. The molecular weight excluding hydrogens is 356 g/mol. The Labute approximate surface area is 123 Å². The molecule has 0 saturated carbocycles. The standard InChI is InChI=1S/C10H11BrN2O6S/c1-12-2-3-13(5-8(12)14)20(17,18)7-4-6(10(15)16)19-9(7)11/h4H,2-3,5H2,1H3,(H,15,16). The first kappa shape index (κ1) is 15.0. The van der Waals surface area contributed by atoms with Crippen LogP contribution >= 0.6 is 15.9 Å². The number of halogens is 1. The highest BCUT2D eigenvalue weighted by Gasteiger charge is 2.35. The van der Waals surface area contributed by atoms with Crippen molar-refractivity contribution in [2.24, 2.45) is 0 Å². The summed E-state index contributed by atoms with van der Waals surface area (Å²) < 4.78 is 30.4. The van der Waals surface area contributed by atoms with Crippen LogP contribution in [0.1, 0.15) is 10.6 Å². The summed E-state index contributed by atoms with van der Waals surface area (Å²) in [6.45, 7) is 0.142. The summed E-state index contributed by atoms with van der Waals surface area (Å²) in [4.78, 5) is 23.5. The van der Waals surface area contributed by atoms with Crippen molar-refractivity contribution in [2.45, 2.75) is 4.90 Å². The fourth-order valence-corrected chi connectivity index (χ4v) is 4.00. The zero-order valence-electron chi connectivity index (χ0n) is 10.4. The van der Waals surface area contributed by atoms with Gasteiger partial charge < -0.3 is 14.4 Å². The number of amides is 1. The summed E-state index contributed by atoms with van der Waals surface area (Å²) in [5.41, 5.74) is 0. The Morgan fingerprint density at radius 3 is 2.60 bits per heavy atom. The lowest BCUT2D eigenvalue weighted by Gasteiger charge is -2.30. The number of likely N-dealkylation sites (N-methyl/N-ethyl adjacent to an activating group) is 1. The molecule has 8 nitrogen and oxygen atoms in total. The number of carbonyl (C=O) groups is 2. The Kier molecular flexibility index (Phi) is 3.89. The van der Waals surface area contributed by atoms with Gasteiger partial charge in [0.15, 0.2) is 4.67 Å². The van der Waals surface area contributed by atoms with Gasteiger partial charge in [0.25, 0.3) is 0 Å². The third-order valence-electron chi connectivity index (χ3n) is 2.91. The van der Waals surface area contributed by atoms with Crippen LogP contribution in [0.15, 0.2) is 20.0 Å². The summed E-state index contributed by atoms with van der Waals surface area (Å²) >= 11 is 2.88. The van der Waals surface area contributed by atoms with Crippen LogP contribution in [0.2, 0.25) is 0 Å². The Balaban J connectivity index is 2.36. The molecule has 20 heavy (non-hydrogen) atoms. The van der Waals surface area contributed by atoms with Crippen molar-refractivity contribution in [3.05, 3.63) is 16.5 Å². The van der Waals surface area contributed by atoms with E-state index in [0.717, 1.165) is 10.4 Å². The van der Waals surface area contributed by atoms with E-state index < -0.39 is 21.8 Å². The number of hydrogen-bond acceptors (Lipinski definition) is 5. The molecule has 1 N–H and O–H groups in total. The van der Waals surface area contributed by atoms with Gasteiger partial charge in [-0.15, -0.1) is 0 Å². The van der Waals surface area contributed by atoms with Gasteiger partial charge in [-0.3, -0.25) is 4.79 Å². The molecule has 0 atom stereocenters. The van der Waals surface area contributed by atoms with E-state index in [4.69, 9.17) is 9.52 Å². The number of carboxylic acids is 1. The van der Waals surface area contributed by atoms with Crippen molar-refractivity contribution in [2.75, 3.05) is 26.7 Å². The van der Waals surface area contributed by atoms with Gasteiger partial charge in [-0.25, -0.2) is 13.2 Å². The van der Waals surface area contributed by atoms with Crippen molar-refractivity contribution in [3.63, 3.8) is 0 Å². The van der Waals surface area contributed by atoms with Crippen LogP contribution in [-0.2, 0) is 14.8 Å². The largest absolute Gasteiger partial charge is 0.475 e. The zero-order chi connectivity index (χ0) is 15.1. The molecule has 1 aromatic heterocycles. The smallest absolute Gasteiger partial charge is 0.371 e. The lowest BCUT2D eigenvalue weighted by molar-refractivity contribution is -0.132. The van der Waals surface area contributed by atoms with Gasteiger partial charge in [0.05, 0.1) is 6.54 Å². The Hall–Kier alpha value is -1.39. The first-order chi connectivity index (χ1) is 9.23. The van der Waals surface area contributed by atoms with Gasteiger partial charge in [-0.05, 0) is 15.9 Å². The normalized spacial score (nSPS) is 17.5. The molecule has 110 valence electrons. The fourth-order valence-electron chi connectivity index (χ4n) is 1.71. The highest BCUT2D eigenvalue weighted by atomic mass is 79.9. The number of carbonyl (C=O) groups excluding carboxylic acids is 1. The molecule has 1 aromatic rings. The molecule has 1 fully saturated rings. The molecule has 2 heterocycles. The summed E-state index contributed by atoms with van der Waals surface area (Å²) in [5.74, 6) is -2.18. The maximum atomic E-state index is 12.4. The van der Waals surface area contributed by atoms with E-state index >= 15 is 0 Å². The van der Waals surface area contributed by atoms with E-state index in [1.807, 2.05) is 0 Å². The lowest BCUT2D eigenvalue weighted by Crippen LogP contribution is -2.50. The van der Waals surface area contributed by atoms with Gasteiger partial charge in [0.2, 0.25) is 21.7 Å². The zero-order valence-corrected chi connectivity index (χ0v) is 12.8. The Bertz CT molecular complexity index is 667. The maximum absolute atomic E-state index is 12.4. The number of sulfonamides is 1. The second kappa shape index (κ2) is 5.19. The summed E-state index contributed by atoms with van der Waals surface area (Å²) in [6, 6.07) is 0.921. The van der Waals surface area contributed by atoms with Gasteiger partial charge in [-0.1, -0.05) is 0 Å². The number of rotatable bonds is 3. The van der Waals surface area contributed by atoms with E-state index in [-0.39, 0.29) is 35.1 Å². The maximum Gasteiger partial charge on any atom is 0.371 e. The molecule has 1 saturated heterocycles. The third kappa shape index (κ3) is 2.58. The first-order valence-corrected chi connectivity index (χ1v) is 7.73. The van der Waals surface area contributed by atoms with E-state index in [2.05, 4.69) is 15.9 Å². The van der Waals surface area contributed by atoms with E-state index in [1.165, 1.54) is 4.90 Å². The molecule has 0 spiro atoms. The van der Waals surface area contributed by atoms with Crippen molar-refractivity contribution < 1.29 is 27.5 Å². The second-order valence-corrected chi connectivity index (χ2v) is 6.83. The minimum absolute atomic E-state index is 0.143. The molecule has 0 bridgehead atoms. The SMILES string of the molecule is CN1CCN(S(=O)(=O)c2cc(C(=O)O)oc2Br)CC1=O. The molecule has 1 amide bonds. The number of nitrogens with zero attached hydrogens (tertiary/aromatic N) is 2. The van der Waals surface area contributed by atoms with Crippen LogP contribution in [-0.4, -0.2) is 61.3 Å². The van der Waals surface area contributed by atoms with Crippen molar-refractivity contribution in [1.82, 2.24) is 9.21 Å². The van der Waals surface area contributed by atoms with Gasteiger partial charge in [0.1, 0.15) is 4.90 Å². The van der Waals surface area contributed by atoms with Crippen molar-refractivity contribution >= 4 is 37.8 Å². The fraction of sp³-hybridized carbons (Fsp3) is 0.400. The van der Waals surface area contributed by atoms with Crippen LogP contribution in [0.5, 0.6) is 0 Å². The predicted molar refractivity (Wildman–Crippen MR) is 69.8 cm³/mol. The van der Waals surface area contributed by atoms with Gasteiger partial charge >= 0.3 is 5.97 Å². The van der Waals surface area contributed by atoms with E-state index in [1.54, 1.807) is 7.05 Å². The highest BCUT2D eigenvalue weighted by molar-refractivity contribution is 9.10. The number of hydrogen-bond donors (Lipinski definition) is 1. The topological polar surface area (TPSA) is 108 Å². The van der Waals surface area contributed by atoms with E-state index in [9.17, 15) is 18.0 Å². The molecule has 10 heteroatoms. The van der Waals surface area contributed by atoms with Crippen molar-refractivity contribution in [1.29, 1.82) is 0 Å². The molecule has 2 rings (SSSR count). The number of furan rings is 1. The summed E-state index contributed by atoms with van der Waals surface area (Å²) in [5, 5.41) is 8.79. The molecular formula is C10H11BrN2O6S. The number of aromatic carboxylic acids is 1. The van der Waals surface area contributed by atoms with Crippen LogP contribution in [0.3, 0.4) is 0 Å². The van der Waals surface area contributed by atoms with Gasteiger partial charge in [0, 0.05) is 26.2 Å². The quantitative estimate of drug-likeness (QED) is 0.818. The molecule has 0 unspecified atom stereocenters. The minimum atomic E-state index is -3.98. The average molecular weight is 367 g/mol. The highest BCUT2D eigenvalue weighted by Crippen LogP contribution is 2.29. The number of piperazine rings is 1. The lowest BCUT2D eigenvalue weighted by atomic mass is 10.4. The number of carboxylic acid groups (broad SMARTS) is 1. The Morgan fingerprint density at radius 1 is 1.45 bits per heavy atom. The van der Waals surface area contributed by atoms with E-state index in [0.29, 0.717) is 0 Å². The van der Waals surface area contributed by atoms with Crippen LogP contribution in [0, 0.1) is 0 Å². The summed E-state index contributed by atoms with van der Waals surface area (Å²) in [6.07, 6.45) is 0. The van der Waals surface area contributed by atoms with Crippen LogP contribution in [0.25, 0.3) is 0 Å². The van der Waals surface area contributed by atoms with Crippen LogP contribution in [0.4, 0.5) is 0 Å². The second-order valence-electron chi connectivity index (χ2n) is 4.21. The van der Waals surface area contributed by atoms with Gasteiger partial charge in [-0.2, -0.15) is 4.31 Å². The predicted octanol–water partition coefficient (Wildman–Crippen LogP) is 0.203. The molecule has 1 aliphatic rings.